The predicted octanol–water partition coefficient (Wildman–Crippen LogP) is 5.17. The molecule has 2 N–H and O–H groups in total. The largest absolute Gasteiger partial charge is 0.511 e. The molecule has 1 atom stereocenters. The molecule has 0 aliphatic carbocycles. The Morgan fingerprint density at radius 2 is 1.97 bits per heavy atom. The normalized spacial score (nSPS) is 12.0. The summed E-state index contributed by atoms with van der Waals surface area (Å²) < 4.78 is 26.7. The molecule has 0 saturated carbocycles. The van der Waals surface area contributed by atoms with Gasteiger partial charge in [-0.2, -0.15) is 0 Å². The van der Waals surface area contributed by atoms with E-state index in [1.807, 2.05) is 6.92 Å². The molecule has 33 heavy (non-hydrogen) atoms. The third-order valence-electron chi connectivity index (χ3n) is 5.32. The topological polar surface area (TPSA) is 98.0 Å². The first-order valence-corrected chi connectivity index (χ1v) is 11.0. The molecule has 0 aliphatic rings. The van der Waals surface area contributed by atoms with E-state index in [4.69, 9.17) is 26.2 Å². The van der Waals surface area contributed by atoms with Crippen molar-refractivity contribution in [2.24, 2.45) is 0 Å². The summed E-state index contributed by atoms with van der Waals surface area (Å²) in [6.07, 6.45) is 1.10. The maximum atomic E-state index is 14.6. The number of rotatable bonds is 9. The first kappa shape index (κ1) is 24.5. The predicted molar refractivity (Wildman–Crippen MR) is 123 cm³/mol. The fourth-order valence-corrected chi connectivity index (χ4v) is 4.03. The standard InChI is InChI=1S/C24H25ClFNO6/c1-3-6-16(13-28)27-12-21(33-24(30)31)23(29)17-10-15(20(32-4-2)11-19(17)27)9-14-7-5-8-18(25)22(14)26/h5,7-8,10-12,16,28H,3-4,6,9,13H2,1-2H3,(H,30,31)/t16-/m0/s1. The van der Waals surface area contributed by atoms with E-state index in [0.29, 0.717) is 35.4 Å². The number of hydrogen-bond donors (Lipinski definition) is 2. The lowest BCUT2D eigenvalue weighted by Crippen LogP contribution is -2.21. The number of nitrogens with zero attached hydrogens (tertiary/aromatic N) is 1. The van der Waals surface area contributed by atoms with Gasteiger partial charge in [-0.25, -0.2) is 9.18 Å². The summed E-state index contributed by atoms with van der Waals surface area (Å²) in [5.41, 5.74) is 0.662. The van der Waals surface area contributed by atoms with Crippen LogP contribution in [0, 0.1) is 5.82 Å². The Morgan fingerprint density at radius 3 is 2.61 bits per heavy atom. The zero-order chi connectivity index (χ0) is 24.1. The average molecular weight is 478 g/mol. The number of carboxylic acid groups (broad SMARTS) is 1. The Hall–Kier alpha value is -3.10. The molecule has 9 heteroatoms. The van der Waals surface area contributed by atoms with Crippen molar-refractivity contribution < 1.29 is 28.9 Å². The van der Waals surface area contributed by atoms with E-state index >= 15 is 0 Å². The zero-order valence-corrected chi connectivity index (χ0v) is 19.1. The number of aliphatic hydroxyl groups excluding tert-OH is 1. The van der Waals surface area contributed by atoms with Crippen LogP contribution in [-0.4, -0.2) is 34.1 Å². The SMILES string of the molecule is CCC[C@@H](CO)n1cc(OC(=O)O)c(=O)c2cc(Cc3cccc(Cl)c3F)c(OCC)cc21. The van der Waals surface area contributed by atoms with Crippen LogP contribution >= 0.6 is 11.6 Å². The summed E-state index contributed by atoms with van der Waals surface area (Å²) in [7, 11) is 0. The van der Waals surface area contributed by atoms with E-state index in [1.54, 1.807) is 35.8 Å². The fourth-order valence-electron chi connectivity index (χ4n) is 3.84. The molecular formula is C24H25ClFNO6. The van der Waals surface area contributed by atoms with Crippen molar-refractivity contribution in [2.75, 3.05) is 13.2 Å². The van der Waals surface area contributed by atoms with Gasteiger partial charge in [0.2, 0.25) is 5.43 Å². The van der Waals surface area contributed by atoms with Crippen molar-refractivity contribution in [1.82, 2.24) is 4.57 Å². The smallest absolute Gasteiger partial charge is 0.494 e. The first-order chi connectivity index (χ1) is 15.8. The molecule has 0 radical (unpaired) electrons. The van der Waals surface area contributed by atoms with E-state index in [9.17, 15) is 19.1 Å². The fraction of sp³-hybridized carbons (Fsp3) is 0.333. The number of benzene rings is 2. The molecule has 0 amide bonds. The number of ether oxygens (including phenoxy) is 2. The molecule has 3 rings (SSSR count). The molecule has 0 bridgehead atoms. The van der Waals surface area contributed by atoms with Crippen LogP contribution in [0.5, 0.6) is 11.5 Å². The molecule has 176 valence electrons. The quantitative estimate of drug-likeness (QED) is 0.412. The average Bonchev–Trinajstić information content (AvgIpc) is 2.78. The number of pyridine rings is 1. The Balaban J connectivity index is 2.29. The minimum absolute atomic E-state index is 0.0175. The van der Waals surface area contributed by atoms with E-state index in [1.165, 1.54) is 12.3 Å². The molecular weight excluding hydrogens is 453 g/mol. The summed E-state index contributed by atoms with van der Waals surface area (Å²) in [6.45, 7) is 3.86. The van der Waals surface area contributed by atoms with Crippen LogP contribution in [0.3, 0.4) is 0 Å². The van der Waals surface area contributed by atoms with Crippen molar-refractivity contribution in [1.29, 1.82) is 0 Å². The number of hydrogen-bond acceptors (Lipinski definition) is 5. The van der Waals surface area contributed by atoms with Crippen LogP contribution in [0.2, 0.25) is 5.02 Å². The van der Waals surface area contributed by atoms with Crippen molar-refractivity contribution in [2.45, 2.75) is 39.2 Å². The maximum Gasteiger partial charge on any atom is 0.511 e. The monoisotopic (exact) mass is 477 g/mol. The van der Waals surface area contributed by atoms with Gasteiger partial charge in [-0.15, -0.1) is 0 Å². The summed E-state index contributed by atoms with van der Waals surface area (Å²) in [5, 5.41) is 19.2. The van der Waals surface area contributed by atoms with E-state index < -0.39 is 23.4 Å². The first-order valence-electron chi connectivity index (χ1n) is 10.6. The number of carbonyl (C=O) groups is 1. The molecule has 1 aromatic heterocycles. The van der Waals surface area contributed by atoms with Crippen molar-refractivity contribution in [3.8, 4) is 11.5 Å². The molecule has 0 saturated heterocycles. The second kappa shape index (κ2) is 10.7. The van der Waals surface area contributed by atoms with Gasteiger partial charge in [-0.3, -0.25) is 4.79 Å². The van der Waals surface area contributed by atoms with Gasteiger partial charge in [0.15, 0.2) is 5.75 Å². The van der Waals surface area contributed by atoms with Crippen LogP contribution in [0.1, 0.15) is 43.9 Å². The summed E-state index contributed by atoms with van der Waals surface area (Å²) in [6, 6.07) is 7.45. The van der Waals surface area contributed by atoms with Gasteiger partial charge in [0, 0.05) is 12.5 Å². The Kier molecular flexibility index (Phi) is 7.94. The lowest BCUT2D eigenvalue weighted by molar-refractivity contribution is 0.143. The van der Waals surface area contributed by atoms with Gasteiger partial charge >= 0.3 is 6.16 Å². The molecule has 0 spiro atoms. The van der Waals surface area contributed by atoms with Crippen LogP contribution in [-0.2, 0) is 6.42 Å². The zero-order valence-electron chi connectivity index (χ0n) is 18.3. The lowest BCUT2D eigenvalue weighted by atomic mass is 10.00. The van der Waals surface area contributed by atoms with E-state index in [0.717, 1.165) is 6.42 Å². The van der Waals surface area contributed by atoms with Gasteiger partial charge in [0.25, 0.3) is 0 Å². The molecule has 0 fully saturated rings. The number of aromatic nitrogens is 1. The second-order valence-corrected chi connectivity index (χ2v) is 7.93. The highest BCUT2D eigenvalue weighted by molar-refractivity contribution is 6.30. The molecule has 0 unspecified atom stereocenters. The van der Waals surface area contributed by atoms with Crippen LogP contribution in [0.25, 0.3) is 10.9 Å². The van der Waals surface area contributed by atoms with Crippen molar-refractivity contribution in [3.63, 3.8) is 0 Å². The third kappa shape index (κ3) is 5.29. The number of fused-ring (bicyclic) bond motifs is 1. The van der Waals surface area contributed by atoms with Gasteiger partial charge in [0.05, 0.1) is 41.4 Å². The Bertz CT molecular complexity index is 1230. The lowest BCUT2D eigenvalue weighted by Gasteiger charge is -2.22. The van der Waals surface area contributed by atoms with Crippen LogP contribution < -0.4 is 14.9 Å². The van der Waals surface area contributed by atoms with Crippen LogP contribution in [0.4, 0.5) is 9.18 Å². The molecule has 2 aromatic carbocycles. The molecule has 7 nitrogen and oxygen atoms in total. The Morgan fingerprint density at radius 1 is 1.21 bits per heavy atom. The van der Waals surface area contributed by atoms with Gasteiger partial charge in [-0.05, 0) is 36.6 Å². The molecule has 1 heterocycles. The molecule has 0 aliphatic heterocycles. The summed E-state index contributed by atoms with van der Waals surface area (Å²) in [4.78, 5) is 24.2. The Labute approximate surface area is 194 Å². The number of halogens is 2. The highest BCUT2D eigenvalue weighted by atomic mass is 35.5. The summed E-state index contributed by atoms with van der Waals surface area (Å²) >= 11 is 5.92. The summed E-state index contributed by atoms with van der Waals surface area (Å²) in [5.74, 6) is -0.503. The van der Waals surface area contributed by atoms with Gasteiger partial charge < -0.3 is 24.3 Å². The van der Waals surface area contributed by atoms with Gasteiger partial charge in [-0.1, -0.05) is 37.1 Å². The number of aliphatic hydroxyl groups is 1. The van der Waals surface area contributed by atoms with E-state index in [2.05, 4.69) is 0 Å². The minimum atomic E-state index is -1.62. The van der Waals surface area contributed by atoms with Crippen molar-refractivity contribution >= 4 is 28.7 Å². The minimum Gasteiger partial charge on any atom is -0.494 e. The second-order valence-electron chi connectivity index (χ2n) is 7.52. The highest BCUT2D eigenvalue weighted by Gasteiger charge is 2.21. The maximum absolute atomic E-state index is 14.6. The van der Waals surface area contributed by atoms with E-state index in [-0.39, 0.29) is 29.2 Å². The van der Waals surface area contributed by atoms with Crippen LogP contribution in [0.15, 0.2) is 41.3 Å². The third-order valence-corrected chi connectivity index (χ3v) is 5.61. The highest BCUT2D eigenvalue weighted by Crippen LogP contribution is 2.32. The molecule has 3 aromatic rings. The van der Waals surface area contributed by atoms with Crippen molar-refractivity contribution in [3.05, 3.63) is 68.7 Å². The van der Waals surface area contributed by atoms with Gasteiger partial charge in [0.1, 0.15) is 11.6 Å².